The topological polar surface area (TPSA) is 54.5 Å². The molecular formula is C13H9FN4. The van der Waals surface area contributed by atoms with Crippen LogP contribution in [0.1, 0.15) is 0 Å². The molecule has 2 heterocycles. The molecule has 0 aliphatic carbocycles. The van der Waals surface area contributed by atoms with E-state index in [2.05, 4.69) is 20.2 Å². The molecule has 2 aromatic heterocycles. The lowest BCUT2D eigenvalue weighted by atomic mass is 10.2. The average molecular weight is 240 g/mol. The molecule has 1 aromatic carbocycles. The fraction of sp³-hybridized carbons (Fsp3) is 0. The van der Waals surface area contributed by atoms with Crippen LogP contribution in [0.3, 0.4) is 0 Å². The number of benzene rings is 1. The summed E-state index contributed by atoms with van der Waals surface area (Å²) >= 11 is 0. The van der Waals surface area contributed by atoms with Gasteiger partial charge in [0.2, 0.25) is 0 Å². The number of nitrogens with one attached hydrogen (secondary N) is 1. The highest BCUT2D eigenvalue weighted by atomic mass is 19.1. The van der Waals surface area contributed by atoms with Crippen LogP contribution in [0.15, 0.2) is 48.8 Å². The van der Waals surface area contributed by atoms with Crippen LogP contribution in [0, 0.1) is 5.82 Å². The molecule has 0 bridgehead atoms. The molecule has 0 unspecified atom stereocenters. The number of pyridine rings is 1. The van der Waals surface area contributed by atoms with Gasteiger partial charge in [0.25, 0.3) is 0 Å². The number of hydrogen-bond acceptors (Lipinski definition) is 3. The van der Waals surface area contributed by atoms with Gasteiger partial charge in [-0.25, -0.2) is 9.37 Å². The van der Waals surface area contributed by atoms with E-state index in [4.69, 9.17) is 0 Å². The fourth-order valence-corrected chi connectivity index (χ4v) is 1.63. The summed E-state index contributed by atoms with van der Waals surface area (Å²) in [4.78, 5) is 8.31. The Morgan fingerprint density at radius 3 is 2.33 bits per heavy atom. The van der Waals surface area contributed by atoms with E-state index in [1.54, 1.807) is 24.5 Å². The van der Waals surface area contributed by atoms with Crippen LogP contribution < -0.4 is 0 Å². The van der Waals surface area contributed by atoms with Crippen molar-refractivity contribution in [1.82, 2.24) is 20.2 Å². The van der Waals surface area contributed by atoms with E-state index in [0.717, 1.165) is 11.1 Å². The van der Waals surface area contributed by atoms with Crippen molar-refractivity contribution in [3.63, 3.8) is 0 Å². The summed E-state index contributed by atoms with van der Waals surface area (Å²) in [6, 6.07) is 9.75. The van der Waals surface area contributed by atoms with E-state index >= 15 is 0 Å². The first-order chi connectivity index (χ1) is 8.83. The van der Waals surface area contributed by atoms with Gasteiger partial charge >= 0.3 is 0 Å². The number of aromatic amines is 1. The smallest absolute Gasteiger partial charge is 0.181 e. The third-order valence-electron chi connectivity index (χ3n) is 2.54. The first-order valence-electron chi connectivity index (χ1n) is 5.42. The van der Waals surface area contributed by atoms with Crippen molar-refractivity contribution < 1.29 is 4.39 Å². The maximum Gasteiger partial charge on any atom is 0.181 e. The Bertz CT molecular complexity index is 646. The number of halogens is 1. The number of nitrogens with zero attached hydrogens (tertiary/aromatic N) is 3. The van der Waals surface area contributed by atoms with E-state index in [1.807, 2.05) is 12.1 Å². The minimum atomic E-state index is -0.274. The summed E-state index contributed by atoms with van der Waals surface area (Å²) < 4.78 is 12.8. The predicted octanol–water partition coefficient (Wildman–Crippen LogP) is 2.67. The SMILES string of the molecule is Fc1ccc(-c2n[nH]c(-c3ccncc3)n2)cc1. The third kappa shape index (κ3) is 1.98. The second-order valence-corrected chi connectivity index (χ2v) is 3.75. The third-order valence-corrected chi connectivity index (χ3v) is 2.54. The maximum absolute atomic E-state index is 12.8. The van der Waals surface area contributed by atoms with Gasteiger partial charge in [-0.2, -0.15) is 5.10 Å². The molecule has 0 spiro atoms. The molecule has 4 nitrogen and oxygen atoms in total. The molecule has 0 saturated heterocycles. The summed E-state index contributed by atoms with van der Waals surface area (Å²) in [7, 11) is 0. The summed E-state index contributed by atoms with van der Waals surface area (Å²) in [5, 5.41) is 6.97. The van der Waals surface area contributed by atoms with Crippen LogP contribution in [-0.2, 0) is 0 Å². The van der Waals surface area contributed by atoms with Gasteiger partial charge in [0.15, 0.2) is 11.6 Å². The lowest BCUT2D eigenvalue weighted by molar-refractivity contribution is 0.628. The van der Waals surface area contributed by atoms with Gasteiger partial charge in [-0.15, -0.1) is 0 Å². The standard InChI is InChI=1S/C13H9FN4/c14-11-3-1-9(2-4-11)12-16-13(18-17-12)10-5-7-15-8-6-10/h1-8H,(H,16,17,18). The Hall–Kier alpha value is -2.56. The van der Waals surface area contributed by atoms with Gasteiger partial charge in [-0.1, -0.05) is 0 Å². The second kappa shape index (κ2) is 4.37. The average Bonchev–Trinajstić information content (AvgIpc) is 2.90. The first kappa shape index (κ1) is 10.6. The predicted molar refractivity (Wildman–Crippen MR) is 65.0 cm³/mol. The molecule has 3 rings (SSSR count). The Kier molecular flexibility index (Phi) is 2.57. The molecule has 0 aliphatic heterocycles. The molecule has 0 amide bonds. The van der Waals surface area contributed by atoms with Crippen LogP contribution in [0.25, 0.3) is 22.8 Å². The molecule has 0 radical (unpaired) electrons. The van der Waals surface area contributed by atoms with E-state index in [1.165, 1.54) is 12.1 Å². The molecule has 3 aromatic rings. The molecule has 88 valence electrons. The lowest BCUT2D eigenvalue weighted by Gasteiger charge is -1.94. The molecular weight excluding hydrogens is 231 g/mol. The molecule has 1 N–H and O–H groups in total. The van der Waals surface area contributed by atoms with Crippen molar-refractivity contribution in [1.29, 1.82) is 0 Å². The molecule has 0 saturated carbocycles. The minimum Gasteiger partial charge on any atom is -0.265 e. The Morgan fingerprint density at radius 2 is 1.61 bits per heavy atom. The highest BCUT2D eigenvalue weighted by Crippen LogP contribution is 2.19. The summed E-state index contributed by atoms with van der Waals surface area (Å²) in [6.45, 7) is 0. The van der Waals surface area contributed by atoms with E-state index < -0.39 is 0 Å². The van der Waals surface area contributed by atoms with Gasteiger partial charge in [-0.05, 0) is 36.4 Å². The Labute approximate surface area is 103 Å². The highest BCUT2D eigenvalue weighted by Gasteiger charge is 2.07. The number of H-pyrrole nitrogens is 1. The van der Waals surface area contributed by atoms with E-state index in [0.29, 0.717) is 11.6 Å². The van der Waals surface area contributed by atoms with Gasteiger partial charge in [0.05, 0.1) is 0 Å². The minimum absolute atomic E-state index is 0.274. The Balaban J connectivity index is 1.97. The van der Waals surface area contributed by atoms with Crippen molar-refractivity contribution in [2.45, 2.75) is 0 Å². The van der Waals surface area contributed by atoms with Crippen LogP contribution in [-0.4, -0.2) is 20.2 Å². The van der Waals surface area contributed by atoms with Crippen molar-refractivity contribution in [2.24, 2.45) is 0 Å². The number of rotatable bonds is 2. The Morgan fingerprint density at radius 1 is 0.889 bits per heavy atom. The summed E-state index contributed by atoms with van der Waals surface area (Å²) in [5.41, 5.74) is 1.68. The number of hydrogen-bond donors (Lipinski definition) is 1. The zero-order valence-corrected chi connectivity index (χ0v) is 9.34. The zero-order chi connectivity index (χ0) is 12.4. The molecule has 0 atom stereocenters. The molecule has 0 fully saturated rings. The van der Waals surface area contributed by atoms with Crippen LogP contribution >= 0.6 is 0 Å². The second-order valence-electron chi connectivity index (χ2n) is 3.75. The zero-order valence-electron chi connectivity index (χ0n) is 9.34. The highest BCUT2D eigenvalue weighted by molar-refractivity contribution is 5.60. The van der Waals surface area contributed by atoms with Crippen molar-refractivity contribution in [3.05, 3.63) is 54.6 Å². The fourth-order valence-electron chi connectivity index (χ4n) is 1.63. The largest absolute Gasteiger partial charge is 0.265 e. The van der Waals surface area contributed by atoms with Crippen LogP contribution in [0.5, 0.6) is 0 Å². The van der Waals surface area contributed by atoms with Crippen LogP contribution in [0.2, 0.25) is 0 Å². The van der Waals surface area contributed by atoms with E-state index in [-0.39, 0.29) is 5.82 Å². The van der Waals surface area contributed by atoms with Crippen molar-refractivity contribution in [3.8, 4) is 22.8 Å². The quantitative estimate of drug-likeness (QED) is 0.749. The summed E-state index contributed by atoms with van der Waals surface area (Å²) in [6.07, 6.45) is 3.38. The number of aromatic nitrogens is 4. The molecule has 5 heteroatoms. The molecule has 0 aliphatic rings. The van der Waals surface area contributed by atoms with Gasteiger partial charge in [-0.3, -0.25) is 10.1 Å². The first-order valence-corrected chi connectivity index (χ1v) is 5.42. The molecule has 18 heavy (non-hydrogen) atoms. The van der Waals surface area contributed by atoms with Gasteiger partial charge < -0.3 is 0 Å². The van der Waals surface area contributed by atoms with Gasteiger partial charge in [0, 0.05) is 23.5 Å². The monoisotopic (exact) mass is 240 g/mol. The van der Waals surface area contributed by atoms with Gasteiger partial charge in [0.1, 0.15) is 5.82 Å². The van der Waals surface area contributed by atoms with Crippen molar-refractivity contribution >= 4 is 0 Å². The van der Waals surface area contributed by atoms with Crippen LogP contribution in [0.4, 0.5) is 4.39 Å². The lowest BCUT2D eigenvalue weighted by Crippen LogP contribution is -1.82. The van der Waals surface area contributed by atoms with Crippen molar-refractivity contribution in [2.75, 3.05) is 0 Å². The normalized spacial score (nSPS) is 10.5. The summed E-state index contributed by atoms with van der Waals surface area (Å²) in [5.74, 6) is 0.933. The maximum atomic E-state index is 12.8. The van der Waals surface area contributed by atoms with E-state index in [9.17, 15) is 4.39 Å².